The third-order valence-corrected chi connectivity index (χ3v) is 5.78. The predicted octanol–water partition coefficient (Wildman–Crippen LogP) is 4.50. The molecule has 2 aromatic rings. The predicted molar refractivity (Wildman–Crippen MR) is 123 cm³/mol. The second-order valence-electron chi connectivity index (χ2n) is 7.14. The van der Waals surface area contributed by atoms with Gasteiger partial charge in [-0.25, -0.2) is 4.79 Å². The summed E-state index contributed by atoms with van der Waals surface area (Å²) in [6.45, 7) is 7.75. The molecule has 1 N–H and O–H groups in total. The van der Waals surface area contributed by atoms with Crippen LogP contribution in [0.2, 0.25) is 0 Å². The van der Waals surface area contributed by atoms with E-state index in [-0.39, 0.29) is 24.3 Å². The van der Waals surface area contributed by atoms with Crippen molar-refractivity contribution in [3.63, 3.8) is 0 Å². The number of nitriles is 1. The summed E-state index contributed by atoms with van der Waals surface area (Å²) in [4.78, 5) is 26.3. The van der Waals surface area contributed by atoms with E-state index < -0.39 is 11.9 Å². The maximum absolute atomic E-state index is 12.9. The van der Waals surface area contributed by atoms with E-state index in [4.69, 9.17) is 9.47 Å². The van der Waals surface area contributed by atoms with Crippen LogP contribution in [0, 0.1) is 11.3 Å². The van der Waals surface area contributed by atoms with E-state index in [2.05, 4.69) is 18.0 Å². The average molecular weight is 449 g/mol. The van der Waals surface area contributed by atoms with Crippen LogP contribution >= 0.6 is 11.8 Å². The molecule has 6 nitrogen and oxygen atoms in total. The summed E-state index contributed by atoms with van der Waals surface area (Å²) in [5.74, 6) is -0.362. The zero-order valence-corrected chi connectivity index (χ0v) is 18.9. The van der Waals surface area contributed by atoms with Gasteiger partial charge >= 0.3 is 5.97 Å². The average Bonchev–Trinajstić information content (AvgIpc) is 2.80. The highest BCUT2D eigenvalue weighted by atomic mass is 32.2. The van der Waals surface area contributed by atoms with Crippen LogP contribution in [0.3, 0.4) is 0 Å². The molecular formula is C25H24N2O4S. The van der Waals surface area contributed by atoms with Crippen molar-refractivity contribution in [2.24, 2.45) is 0 Å². The van der Waals surface area contributed by atoms with Crippen LogP contribution in [-0.2, 0) is 14.3 Å². The fraction of sp³-hybridized carbons (Fsp3) is 0.240. The summed E-state index contributed by atoms with van der Waals surface area (Å²) in [5.41, 5.74) is 2.44. The van der Waals surface area contributed by atoms with Gasteiger partial charge in [-0.1, -0.05) is 43.5 Å². The number of carbonyl (C=O) groups is 2. The van der Waals surface area contributed by atoms with Crippen molar-refractivity contribution < 1.29 is 19.1 Å². The Morgan fingerprint density at radius 1 is 1.12 bits per heavy atom. The first-order valence-corrected chi connectivity index (χ1v) is 11.1. The highest BCUT2D eigenvalue weighted by Gasteiger charge is 2.27. The van der Waals surface area contributed by atoms with Crippen LogP contribution in [0.1, 0.15) is 31.4 Å². The fourth-order valence-electron chi connectivity index (χ4n) is 3.14. The number of nitrogens with one attached hydrogen (secondary N) is 1. The van der Waals surface area contributed by atoms with Crippen molar-refractivity contribution in [3.05, 3.63) is 71.3 Å². The van der Waals surface area contributed by atoms with Gasteiger partial charge in [-0.05, 0) is 43.2 Å². The smallest absolute Gasteiger partial charge is 0.333 e. The molecule has 1 amide bonds. The largest absolute Gasteiger partial charge is 0.494 e. The molecule has 0 saturated heterocycles. The van der Waals surface area contributed by atoms with Crippen LogP contribution in [-0.4, -0.2) is 31.6 Å². The highest BCUT2D eigenvalue weighted by Crippen LogP contribution is 2.47. The monoisotopic (exact) mass is 448 g/mol. The van der Waals surface area contributed by atoms with E-state index in [9.17, 15) is 14.9 Å². The minimum absolute atomic E-state index is 0.00197. The van der Waals surface area contributed by atoms with Crippen molar-refractivity contribution in [3.8, 4) is 11.8 Å². The Balaban J connectivity index is 1.95. The van der Waals surface area contributed by atoms with Gasteiger partial charge in [-0.3, -0.25) is 4.79 Å². The van der Waals surface area contributed by atoms with Gasteiger partial charge < -0.3 is 14.8 Å². The molecule has 1 aliphatic rings. The van der Waals surface area contributed by atoms with Crippen LogP contribution in [0.5, 0.6) is 5.75 Å². The fourth-order valence-corrected chi connectivity index (χ4v) is 4.21. The number of rotatable bonds is 8. The third-order valence-electron chi connectivity index (χ3n) is 4.63. The zero-order valence-electron chi connectivity index (χ0n) is 18.1. The van der Waals surface area contributed by atoms with Gasteiger partial charge in [0.2, 0.25) is 0 Å². The Kier molecular flexibility index (Phi) is 7.74. The highest BCUT2D eigenvalue weighted by molar-refractivity contribution is 7.99. The van der Waals surface area contributed by atoms with E-state index in [1.165, 1.54) is 0 Å². The summed E-state index contributed by atoms with van der Waals surface area (Å²) in [6.07, 6.45) is 0.874. The molecule has 0 aromatic heterocycles. The molecule has 0 saturated carbocycles. The van der Waals surface area contributed by atoms with Crippen LogP contribution in [0.25, 0.3) is 5.57 Å². The minimum Gasteiger partial charge on any atom is -0.494 e. The lowest BCUT2D eigenvalue weighted by atomic mass is 9.92. The van der Waals surface area contributed by atoms with Crippen LogP contribution in [0.4, 0.5) is 0 Å². The number of nitrogens with zero attached hydrogens (tertiary/aromatic N) is 1. The summed E-state index contributed by atoms with van der Waals surface area (Å²) in [5, 5.41) is 12.6. The lowest BCUT2D eigenvalue weighted by Gasteiger charge is -2.23. The Hall–Kier alpha value is -3.50. The third kappa shape index (κ3) is 5.21. The number of fused-ring (bicyclic) bond motifs is 2. The molecule has 7 heteroatoms. The normalized spacial score (nSPS) is 13.2. The molecule has 0 fully saturated rings. The summed E-state index contributed by atoms with van der Waals surface area (Å²) >= 11 is 1.59. The molecule has 3 rings (SSSR count). The van der Waals surface area contributed by atoms with Gasteiger partial charge in [0, 0.05) is 26.5 Å². The molecular weight excluding hydrogens is 424 g/mol. The Morgan fingerprint density at radius 2 is 1.88 bits per heavy atom. The van der Waals surface area contributed by atoms with Gasteiger partial charge in [0.05, 0.1) is 13.2 Å². The molecule has 1 aliphatic heterocycles. The Bertz CT molecular complexity index is 1130. The number of amides is 1. The molecule has 2 aromatic carbocycles. The van der Waals surface area contributed by atoms with E-state index in [0.717, 1.165) is 27.3 Å². The first-order valence-electron chi connectivity index (χ1n) is 10.3. The van der Waals surface area contributed by atoms with Crippen molar-refractivity contribution >= 4 is 29.2 Å². The van der Waals surface area contributed by atoms with Crippen LogP contribution < -0.4 is 10.1 Å². The molecule has 164 valence electrons. The second kappa shape index (κ2) is 10.7. The maximum Gasteiger partial charge on any atom is 0.333 e. The molecule has 0 radical (unpaired) electrons. The number of carbonyl (C=O) groups excluding carboxylic acids is 2. The van der Waals surface area contributed by atoms with Gasteiger partial charge in [0.25, 0.3) is 5.91 Å². The number of benzene rings is 2. The minimum atomic E-state index is -0.526. The summed E-state index contributed by atoms with van der Waals surface area (Å²) in [6, 6.07) is 15.5. The van der Waals surface area contributed by atoms with Crippen molar-refractivity contribution in [2.45, 2.75) is 30.1 Å². The quantitative estimate of drug-likeness (QED) is 0.236. The first-order chi connectivity index (χ1) is 15.5. The van der Waals surface area contributed by atoms with Gasteiger partial charge in [0.1, 0.15) is 24.0 Å². The lowest BCUT2D eigenvalue weighted by Crippen LogP contribution is -2.29. The van der Waals surface area contributed by atoms with E-state index in [1.807, 2.05) is 49.4 Å². The summed E-state index contributed by atoms with van der Waals surface area (Å²) in [7, 11) is 0. The number of hydrogen-bond donors (Lipinski definition) is 1. The maximum atomic E-state index is 12.9. The molecule has 0 unspecified atom stereocenters. The standard InChI is InChI=1S/C25H24N2O4S/c1-4-12-30-17-9-10-22-19(14-17)23(18-7-5-6-8-21(18)32-22)20(15-26)24(28)27-11-13-31-25(29)16(2)3/h5-10,14H,2,4,11-13H2,1,3H3,(H,27,28)/b23-20-. The van der Waals surface area contributed by atoms with E-state index in [1.54, 1.807) is 18.7 Å². The van der Waals surface area contributed by atoms with Crippen molar-refractivity contribution in [1.82, 2.24) is 5.32 Å². The molecule has 0 atom stereocenters. The Labute approximate surface area is 191 Å². The van der Waals surface area contributed by atoms with Crippen molar-refractivity contribution in [1.29, 1.82) is 5.26 Å². The number of ether oxygens (including phenoxy) is 2. The zero-order chi connectivity index (χ0) is 23.1. The van der Waals surface area contributed by atoms with Gasteiger partial charge in [0.15, 0.2) is 0 Å². The van der Waals surface area contributed by atoms with E-state index in [0.29, 0.717) is 17.9 Å². The summed E-state index contributed by atoms with van der Waals surface area (Å²) < 4.78 is 10.8. The van der Waals surface area contributed by atoms with Gasteiger partial charge in [-0.2, -0.15) is 5.26 Å². The SMILES string of the molecule is C=C(C)C(=O)OCCNC(=O)/C(C#N)=C1/c2ccccc2Sc2ccc(OCCC)cc21. The molecule has 0 aliphatic carbocycles. The molecule has 0 spiro atoms. The molecule has 1 heterocycles. The second-order valence-corrected chi connectivity index (χ2v) is 8.22. The molecule has 0 bridgehead atoms. The van der Waals surface area contributed by atoms with Crippen molar-refractivity contribution in [2.75, 3.05) is 19.8 Å². The topological polar surface area (TPSA) is 88.4 Å². The molecule has 32 heavy (non-hydrogen) atoms. The lowest BCUT2D eigenvalue weighted by molar-refractivity contribution is -0.139. The first kappa shape index (κ1) is 23.2. The number of hydrogen-bond acceptors (Lipinski definition) is 6. The van der Waals surface area contributed by atoms with Crippen LogP contribution in [0.15, 0.2) is 70.0 Å². The number of esters is 1. The van der Waals surface area contributed by atoms with E-state index >= 15 is 0 Å². The van der Waals surface area contributed by atoms with Gasteiger partial charge in [-0.15, -0.1) is 0 Å². The Morgan fingerprint density at radius 3 is 2.59 bits per heavy atom.